The molecule has 0 saturated heterocycles. The highest BCUT2D eigenvalue weighted by Crippen LogP contribution is 2.54. The number of carbonyl (C=O) groups is 1. The van der Waals surface area contributed by atoms with Gasteiger partial charge in [-0.05, 0) is 49.1 Å². The van der Waals surface area contributed by atoms with Gasteiger partial charge in [0, 0.05) is 5.92 Å². The van der Waals surface area contributed by atoms with Crippen LogP contribution >= 0.6 is 0 Å². The summed E-state index contributed by atoms with van der Waals surface area (Å²) in [6, 6.07) is 7.72. The fourth-order valence-corrected chi connectivity index (χ4v) is 3.12. The van der Waals surface area contributed by atoms with Gasteiger partial charge < -0.3 is 10.1 Å². The largest absolute Gasteiger partial charge is 0.491 e. The van der Waals surface area contributed by atoms with Crippen molar-refractivity contribution in [1.29, 1.82) is 0 Å². The lowest BCUT2D eigenvalue weighted by molar-refractivity contribution is -0.120. The molecule has 2 saturated carbocycles. The first-order chi connectivity index (χ1) is 9.63. The van der Waals surface area contributed by atoms with Crippen molar-refractivity contribution < 1.29 is 9.53 Å². The molecule has 3 rings (SSSR count). The van der Waals surface area contributed by atoms with Crippen molar-refractivity contribution in [3.05, 3.63) is 24.3 Å². The minimum Gasteiger partial charge on any atom is -0.491 e. The van der Waals surface area contributed by atoms with Crippen molar-refractivity contribution in [3.8, 4) is 5.75 Å². The van der Waals surface area contributed by atoms with E-state index in [1.807, 2.05) is 24.3 Å². The average Bonchev–Trinajstić information content (AvgIpc) is 3.04. The van der Waals surface area contributed by atoms with E-state index in [2.05, 4.69) is 19.2 Å². The molecule has 0 aromatic heterocycles. The van der Waals surface area contributed by atoms with Crippen LogP contribution in [0.4, 0.5) is 5.69 Å². The topological polar surface area (TPSA) is 38.3 Å². The van der Waals surface area contributed by atoms with Crippen LogP contribution in [0.25, 0.3) is 0 Å². The van der Waals surface area contributed by atoms with E-state index >= 15 is 0 Å². The van der Waals surface area contributed by atoms with E-state index < -0.39 is 0 Å². The van der Waals surface area contributed by atoms with Gasteiger partial charge in [0.05, 0.1) is 12.3 Å². The van der Waals surface area contributed by atoms with Crippen LogP contribution in [0.3, 0.4) is 0 Å². The quantitative estimate of drug-likeness (QED) is 0.888. The summed E-state index contributed by atoms with van der Waals surface area (Å²) in [5.41, 5.74) is 0.804. The summed E-state index contributed by atoms with van der Waals surface area (Å²) in [7, 11) is 0. The zero-order valence-corrected chi connectivity index (χ0v) is 12.3. The van der Waals surface area contributed by atoms with E-state index in [9.17, 15) is 4.79 Å². The number of amides is 1. The zero-order valence-electron chi connectivity index (χ0n) is 12.3. The van der Waals surface area contributed by atoms with E-state index in [1.54, 1.807) is 0 Å². The summed E-state index contributed by atoms with van der Waals surface area (Å²) >= 11 is 0. The monoisotopic (exact) mass is 273 g/mol. The second-order valence-corrected chi connectivity index (χ2v) is 6.61. The molecule has 20 heavy (non-hydrogen) atoms. The predicted molar refractivity (Wildman–Crippen MR) is 79.7 cm³/mol. The van der Waals surface area contributed by atoms with Crippen molar-refractivity contribution in [1.82, 2.24) is 0 Å². The molecule has 2 fully saturated rings. The van der Waals surface area contributed by atoms with Crippen LogP contribution in [0, 0.1) is 23.7 Å². The molecule has 1 aromatic rings. The normalized spacial score (nSPS) is 27.2. The third kappa shape index (κ3) is 2.97. The summed E-state index contributed by atoms with van der Waals surface area (Å²) in [5.74, 6) is 3.28. The second kappa shape index (κ2) is 5.47. The van der Waals surface area contributed by atoms with E-state index in [0.29, 0.717) is 12.5 Å². The molecule has 108 valence electrons. The van der Waals surface area contributed by atoms with Gasteiger partial charge in [-0.25, -0.2) is 0 Å². The molecular formula is C17H23NO2. The highest BCUT2D eigenvalue weighted by Gasteiger charge is 2.48. The molecule has 0 aliphatic heterocycles. The van der Waals surface area contributed by atoms with Crippen LogP contribution in [0.2, 0.25) is 0 Å². The van der Waals surface area contributed by atoms with E-state index in [4.69, 9.17) is 4.74 Å². The first-order valence-corrected chi connectivity index (χ1v) is 7.66. The number of hydrogen-bond donors (Lipinski definition) is 1. The Morgan fingerprint density at radius 3 is 2.65 bits per heavy atom. The summed E-state index contributed by atoms with van der Waals surface area (Å²) in [4.78, 5) is 12.3. The molecule has 0 radical (unpaired) electrons. The number of fused-ring (bicyclic) bond motifs is 1. The van der Waals surface area contributed by atoms with Crippen molar-refractivity contribution in [2.45, 2.75) is 33.1 Å². The highest BCUT2D eigenvalue weighted by molar-refractivity contribution is 5.94. The average molecular weight is 273 g/mol. The van der Waals surface area contributed by atoms with Gasteiger partial charge in [0.15, 0.2) is 0 Å². The summed E-state index contributed by atoms with van der Waals surface area (Å²) < 4.78 is 5.78. The molecule has 3 heteroatoms. The van der Waals surface area contributed by atoms with Gasteiger partial charge in [-0.2, -0.15) is 0 Å². The Kier molecular flexibility index (Phi) is 3.68. The molecule has 2 unspecified atom stereocenters. The molecule has 1 N–H and O–H groups in total. The SMILES string of the molecule is CC(C)COc1ccccc1NC(=O)C1CC2CC2C1. The summed E-state index contributed by atoms with van der Waals surface area (Å²) in [5, 5.41) is 3.05. The van der Waals surface area contributed by atoms with Crippen LogP contribution in [0.1, 0.15) is 33.1 Å². The number of rotatable bonds is 5. The Morgan fingerprint density at radius 2 is 1.95 bits per heavy atom. The molecule has 0 bridgehead atoms. The second-order valence-electron chi connectivity index (χ2n) is 6.61. The maximum absolute atomic E-state index is 12.3. The zero-order chi connectivity index (χ0) is 14.1. The molecule has 1 aromatic carbocycles. The lowest BCUT2D eigenvalue weighted by Gasteiger charge is -2.16. The lowest BCUT2D eigenvalue weighted by atomic mass is 10.0. The Balaban J connectivity index is 1.62. The van der Waals surface area contributed by atoms with Gasteiger partial charge in [-0.1, -0.05) is 26.0 Å². The molecule has 0 heterocycles. The number of carbonyl (C=O) groups excluding carboxylic acids is 1. The van der Waals surface area contributed by atoms with Crippen molar-refractivity contribution in [3.63, 3.8) is 0 Å². The molecule has 3 nitrogen and oxygen atoms in total. The third-order valence-corrected chi connectivity index (χ3v) is 4.33. The number of para-hydroxylation sites is 2. The number of benzene rings is 1. The van der Waals surface area contributed by atoms with Crippen LogP contribution in [0.15, 0.2) is 24.3 Å². The van der Waals surface area contributed by atoms with Gasteiger partial charge in [-0.15, -0.1) is 0 Å². The van der Waals surface area contributed by atoms with Crippen molar-refractivity contribution in [2.75, 3.05) is 11.9 Å². The third-order valence-electron chi connectivity index (χ3n) is 4.33. The minimum atomic E-state index is 0.165. The standard InChI is InChI=1S/C17H23NO2/c1-11(2)10-20-16-6-4-3-5-15(16)18-17(19)14-8-12-7-13(12)9-14/h3-6,11-14H,7-10H2,1-2H3,(H,18,19). The maximum atomic E-state index is 12.3. The fourth-order valence-electron chi connectivity index (χ4n) is 3.12. The fraction of sp³-hybridized carbons (Fsp3) is 0.588. The van der Waals surface area contributed by atoms with Crippen LogP contribution < -0.4 is 10.1 Å². The van der Waals surface area contributed by atoms with Crippen molar-refractivity contribution in [2.24, 2.45) is 23.7 Å². The van der Waals surface area contributed by atoms with Gasteiger partial charge in [0.25, 0.3) is 0 Å². The summed E-state index contributed by atoms with van der Waals surface area (Å²) in [6.07, 6.45) is 3.49. The molecule has 1 amide bonds. The van der Waals surface area contributed by atoms with Crippen molar-refractivity contribution >= 4 is 11.6 Å². The Morgan fingerprint density at radius 1 is 1.25 bits per heavy atom. The number of hydrogen-bond acceptors (Lipinski definition) is 2. The highest BCUT2D eigenvalue weighted by atomic mass is 16.5. The Hall–Kier alpha value is -1.51. The first kappa shape index (κ1) is 13.5. The first-order valence-electron chi connectivity index (χ1n) is 7.66. The summed E-state index contributed by atoms with van der Waals surface area (Å²) in [6.45, 7) is 4.90. The molecule has 0 spiro atoms. The van der Waals surface area contributed by atoms with E-state index in [1.165, 1.54) is 6.42 Å². The number of ether oxygens (including phenoxy) is 1. The predicted octanol–water partition coefficient (Wildman–Crippen LogP) is 3.71. The Labute approximate surface area is 120 Å². The van der Waals surface area contributed by atoms with Crippen LogP contribution in [0.5, 0.6) is 5.75 Å². The van der Waals surface area contributed by atoms with Gasteiger partial charge >= 0.3 is 0 Å². The Bertz CT molecular complexity index is 488. The molecule has 2 atom stereocenters. The lowest BCUT2D eigenvalue weighted by Crippen LogP contribution is -2.22. The molecule has 2 aliphatic rings. The van der Waals surface area contributed by atoms with Gasteiger partial charge in [-0.3, -0.25) is 4.79 Å². The van der Waals surface area contributed by atoms with Crippen LogP contribution in [-0.2, 0) is 4.79 Å². The van der Waals surface area contributed by atoms with Gasteiger partial charge in [0.2, 0.25) is 5.91 Å². The van der Waals surface area contributed by atoms with Crippen LogP contribution in [-0.4, -0.2) is 12.5 Å². The van der Waals surface area contributed by atoms with Gasteiger partial charge in [0.1, 0.15) is 5.75 Å². The minimum absolute atomic E-state index is 0.165. The number of anilines is 1. The number of nitrogens with one attached hydrogen (secondary N) is 1. The molecule has 2 aliphatic carbocycles. The molecular weight excluding hydrogens is 250 g/mol. The van der Waals surface area contributed by atoms with E-state index in [-0.39, 0.29) is 11.8 Å². The van der Waals surface area contributed by atoms with E-state index in [0.717, 1.165) is 36.1 Å². The maximum Gasteiger partial charge on any atom is 0.227 e. The smallest absolute Gasteiger partial charge is 0.227 e.